The largest absolute Gasteiger partial charge is 0.486 e. The Labute approximate surface area is 170 Å². The molecule has 2 aromatic heterocycles. The number of hydrogen-bond acceptors (Lipinski definition) is 4. The molecule has 5 nitrogen and oxygen atoms in total. The fourth-order valence-corrected chi connectivity index (χ4v) is 3.98. The van der Waals surface area contributed by atoms with Crippen molar-refractivity contribution in [1.29, 1.82) is 0 Å². The lowest BCUT2D eigenvalue weighted by molar-refractivity contribution is 0.0925. The van der Waals surface area contributed by atoms with Crippen LogP contribution in [-0.2, 0) is 6.42 Å². The molecule has 0 radical (unpaired) electrons. The van der Waals surface area contributed by atoms with Crippen LogP contribution in [0.1, 0.15) is 17.7 Å². The van der Waals surface area contributed by atoms with Crippen molar-refractivity contribution < 1.29 is 9.47 Å². The Balaban J connectivity index is 1.16. The number of nitrogens with one attached hydrogen (secondary N) is 2. The second-order valence-electron chi connectivity index (χ2n) is 7.63. The van der Waals surface area contributed by atoms with E-state index in [1.54, 1.807) is 0 Å². The highest BCUT2D eigenvalue weighted by Crippen LogP contribution is 2.38. The maximum atomic E-state index is 6.26. The Morgan fingerprint density at radius 1 is 1.10 bits per heavy atom. The summed E-state index contributed by atoms with van der Waals surface area (Å²) in [5.41, 5.74) is 4.53. The zero-order valence-corrected chi connectivity index (χ0v) is 16.6. The standard InChI is InChI=1S/C24H25N3O2/c1-16-8-9-20-22(27-16)10-11-23-24(20)29-18(15-28-23)14-25-12-4-5-17-13-26-21-7-3-2-6-19(17)21/h2-3,6-11,13,18,25-26H,4-5,12,14-15H2,1H3. The number of hydrogen-bond donors (Lipinski definition) is 2. The van der Waals surface area contributed by atoms with Gasteiger partial charge in [-0.3, -0.25) is 4.98 Å². The number of aromatic amines is 1. The number of aromatic nitrogens is 2. The third-order valence-corrected chi connectivity index (χ3v) is 5.48. The van der Waals surface area contributed by atoms with Crippen LogP contribution in [-0.4, -0.2) is 35.8 Å². The van der Waals surface area contributed by atoms with Crippen LogP contribution >= 0.6 is 0 Å². The highest BCUT2D eigenvalue weighted by atomic mass is 16.6. The Morgan fingerprint density at radius 2 is 2.03 bits per heavy atom. The molecule has 1 atom stereocenters. The van der Waals surface area contributed by atoms with Gasteiger partial charge in [0.15, 0.2) is 11.5 Å². The summed E-state index contributed by atoms with van der Waals surface area (Å²) in [6, 6.07) is 16.5. The van der Waals surface area contributed by atoms with Crippen molar-refractivity contribution in [2.45, 2.75) is 25.9 Å². The van der Waals surface area contributed by atoms with Gasteiger partial charge in [0.05, 0.1) is 5.52 Å². The van der Waals surface area contributed by atoms with E-state index in [4.69, 9.17) is 9.47 Å². The first-order chi connectivity index (χ1) is 14.3. The van der Waals surface area contributed by atoms with Gasteiger partial charge in [-0.25, -0.2) is 0 Å². The first kappa shape index (κ1) is 18.0. The smallest absolute Gasteiger partial charge is 0.171 e. The van der Waals surface area contributed by atoms with Gasteiger partial charge >= 0.3 is 0 Å². The summed E-state index contributed by atoms with van der Waals surface area (Å²) < 4.78 is 12.2. The molecule has 0 aliphatic carbocycles. The summed E-state index contributed by atoms with van der Waals surface area (Å²) in [6.45, 7) is 4.28. The quantitative estimate of drug-likeness (QED) is 0.482. The number of ether oxygens (including phenoxy) is 2. The Hall–Kier alpha value is -3.05. The summed E-state index contributed by atoms with van der Waals surface area (Å²) in [6.07, 6.45) is 4.26. The van der Waals surface area contributed by atoms with Crippen LogP contribution in [0.2, 0.25) is 0 Å². The van der Waals surface area contributed by atoms with Crippen LogP contribution in [0.15, 0.2) is 54.7 Å². The van der Waals surface area contributed by atoms with E-state index in [1.807, 2.05) is 25.1 Å². The molecular formula is C24H25N3O2. The fourth-order valence-electron chi connectivity index (χ4n) is 3.98. The van der Waals surface area contributed by atoms with E-state index in [-0.39, 0.29) is 6.10 Å². The zero-order chi connectivity index (χ0) is 19.6. The summed E-state index contributed by atoms with van der Waals surface area (Å²) in [5.74, 6) is 1.62. The number of para-hydroxylation sites is 1. The van der Waals surface area contributed by atoms with Crippen molar-refractivity contribution in [3.63, 3.8) is 0 Å². The van der Waals surface area contributed by atoms with Gasteiger partial charge in [-0.05, 0) is 62.2 Å². The molecule has 1 unspecified atom stereocenters. The van der Waals surface area contributed by atoms with Gasteiger partial charge in [0.1, 0.15) is 12.7 Å². The van der Waals surface area contributed by atoms with Crippen LogP contribution in [0.25, 0.3) is 21.8 Å². The lowest BCUT2D eigenvalue weighted by Crippen LogP contribution is -2.38. The van der Waals surface area contributed by atoms with E-state index < -0.39 is 0 Å². The average molecular weight is 387 g/mol. The first-order valence-electron chi connectivity index (χ1n) is 10.2. The molecule has 0 bridgehead atoms. The molecule has 0 saturated heterocycles. The Morgan fingerprint density at radius 3 is 3.00 bits per heavy atom. The monoisotopic (exact) mass is 387 g/mol. The van der Waals surface area contributed by atoms with Crippen molar-refractivity contribution >= 4 is 21.8 Å². The predicted molar refractivity (Wildman–Crippen MR) is 116 cm³/mol. The predicted octanol–water partition coefficient (Wildman–Crippen LogP) is 4.39. The maximum absolute atomic E-state index is 6.26. The fraction of sp³-hybridized carbons (Fsp3) is 0.292. The van der Waals surface area contributed by atoms with E-state index in [9.17, 15) is 0 Å². The molecule has 2 aromatic carbocycles. The number of benzene rings is 2. The van der Waals surface area contributed by atoms with Crippen LogP contribution in [0.3, 0.4) is 0 Å². The van der Waals surface area contributed by atoms with Gasteiger partial charge < -0.3 is 19.8 Å². The molecule has 1 aliphatic heterocycles. The molecule has 2 N–H and O–H groups in total. The maximum Gasteiger partial charge on any atom is 0.171 e. The highest BCUT2D eigenvalue weighted by Gasteiger charge is 2.23. The van der Waals surface area contributed by atoms with Crippen LogP contribution in [0.4, 0.5) is 0 Å². The number of pyridine rings is 1. The van der Waals surface area contributed by atoms with Crippen molar-refractivity contribution in [2.24, 2.45) is 0 Å². The topological polar surface area (TPSA) is 59.2 Å². The average Bonchev–Trinajstić information content (AvgIpc) is 3.16. The lowest BCUT2D eigenvalue weighted by atomic mass is 10.1. The Kier molecular flexibility index (Phi) is 4.82. The van der Waals surface area contributed by atoms with Gasteiger partial charge in [-0.2, -0.15) is 0 Å². The number of rotatable bonds is 6. The molecule has 3 heterocycles. The minimum Gasteiger partial charge on any atom is -0.486 e. The van der Waals surface area contributed by atoms with Crippen LogP contribution in [0.5, 0.6) is 11.5 Å². The highest BCUT2D eigenvalue weighted by molar-refractivity contribution is 5.88. The second-order valence-corrected chi connectivity index (χ2v) is 7.63. The molecule has 0 saturated carbocycles. The lowest BCUT2D eigenvalue weighted by Gasteiger charge is -2.27. The van der Waals surface area contributed by atoms with E-state index in [0.29, 0.717) is 6.61 Å². The Bertz CT molecular complexity index is 1150. The van der Waals surface area contributed by atoms with E-state index in [0.717, 1.165) is 54.0 Å². The molecule has 148 valence electrons. The van der Waals surface area contributed by atoms with Crippen molar-refractivity contribution in [3.8, 4) is 11.5 Å². The molecule has 4 aromatic rings. The molecule has 29 heavy (non-hydrogen) atoms. The zero-order valence-electron chi connectivity index (χ0n) is 16.6. The summed E-state index contributed by atoms with van der Waals surface area (Å²) >= 11 is 0. The van der Waals surface area contributed by atoms with Crippen LogP contribution < -0.4 is 14.8 Å². The van der Waals surface area contributed by atoms with Crippen LogP contribution in [0, 0.1) is 6.92 Å². The van der Waals surface area contributed by atoms with Crippen molar-refractivity contribution in [1.82, 2.24) is 15.3 Å². The minimum atomic E-state index is 0.00231. The summed E-state index contributed by atoms with van der Waals surface area (Å²) in [4.78, 5) is 7.93. The van der Waals surface area contributed by atoms with E-state index in [1.165, 1.54) is 16.5 Å². The second kappa shape index (κ2) is 7.76. The SMILES string of the molecule is Cc1ccc2c3c(ccc2n1)OCC(CNCCCc1c[nH]c2ccccc12)O3. The summed E-state index contributed by atoms with van der Waals surface area (Å²) in [7, 11) is 0. The van der Waals surface area contributed by atoms with Gasteiger partial charge in [0.25, 0.3) is 0 Å². The molecule has 5 rings (SSSR count). The van der Waals surface area contributed by atoms with Crippen molar-refractivity contribution in [3.05, 3.63) is 66.0 Å². The normalized spacial score (nSPS) is 15.8. The molecule has 1 aliphatic rings. The third-order valence-electron chi connectivity index (χ3n) is 5.48. The van der Waals surface area contributed by atoms with E-state index >= 15 is 0 Å². The number of nitrogens with zero attached hydrogens (tertiary/aromatic N) is 1. The number of fused-ring (bicyclic) bond motifs is 4. The van der Waals surface area contributed by atoms with E-state index in [2.05, 4.69) is 51.8 Å². The van der Waals surface area contributed by atoms with Gasteiger partial charge in [-0.1, -0.05) is 18.2 Å². The number of H-pyrrole nitrogens is 1. The molecular weight excluding hydrogens is 362 g/mol. The van der Waals surface area contributed by atoms with Gasteiger partial charge in [0.2, 0.25) is 0 Å². The molecule has 0 spiro atoms. The minimum absolute atomic E-state index is 0.00231. The van der Waals surface area contributed by atoms with Crippen molar-refractivity contribution in [2.75, 3.05) is 19.7 Å². The molecule has 0 amide bonds. The molecule has 5 heteroatoms. The summed E-state index contributed by atoms with van der Waals surface area (Å²) in [5, 5.41) is 5.86. The molecule has 0 fully saturated rings. The van der Waals surface area contributed by atoms with Gasteiger partial charge in [-0.15, -0.1) is 0 Å². The third kappa shape index (κ3) is 3.66. The van der Waals surface area contributed by atoms with Gasteiger partial charge in [0, 0.05) is 34.7 Å². The first-order valence-corrected chi connectivity index (χ1v) is 10.2. The number of aryl methyl sites for hydroxylation is 2.